The van der Waals surface area contributed by atoms with Crippen molar-refractivity contribution in [2.24, 2.45) is 5.73 Å². The molecular formula is C2H8N4O2S2. The third-order valence-electron chi connectivity index (χ3n) is 0.577. The largest absolute Gasteiger partial charge is 0.375 e. The number of hydrogen-bond donors (Lipinski definition) is 4. The lowest BCUT2D eigenvalue weighted by molar-refractivity contribution is 0.569. The van der Waals surface area contributed by atoms with Crippen molar-refractivity contribution in [2.75, 3.05) is 7.05 Å². The molecule has 6 nitrogen and oxygen atoms in total. The Kier molecular flexibility index (Phi) is 3.50. The molecule has 0 amide bonds. The maximum absolute atomic E-state index is 10.5. The Morgan fingerprint density at radius 2 is 2.10 bits per heavy atom. The SMILES string of the molecule is CNS(=O)(=O)NNC(N)=S. The van der Waals surface area contributed by atoms with Crippen molar-refractivity contribution in [3.63, 3.8) is 0 Å². The Morgan fingerprint density at radius 3 is 2.40 bits per heavy atom. The summed E-state index contributed by atoms with van der Waals surface area (Å²) in [7, 11) is -2.24. The van der Waals surface area contributed by atoms with Crippen molar-refractivity contribution in [1.82, 2.24) is 15.0 Å². The van der Waals surface area contributed by atoms with Crippen molar-refractivity contribution < 1.29 is 8.42 Å². The number of thiocarbonyl (C=S) groups is 1. The van der Waals surface area contributed by atoms with E-state index in [1.807, 2.05) is 15.0 Å². The summed E-state index contributed by atoms with van der Waals surface area (Å²) in [5.41, 5.74) is 6.97. The van der Waals surface area contributed by atoms with E-state index in [2.05, 4.69) is 12.2 Å². The summed E-state index contributed by atoms with van der Waals surface area (Å²) < 4.78 is 23.0. The lowest BCUT2D eigenvalue weighted by Crippen LogP contribution is -2.48. The van der Waals surface area contributed by atoms with Gasteiger partial charge in [-0.3, -0.25) is 5.43 Å². The highest BCUT2D eigenvalue weighted by Gasteiger charge is 2.02. The van der Waals surface area contributed by atoms with E-state index in [1.54, 1.807) is 0 Å². The predicted molar refractivity (Wildman–Crippen MR) is 41.0 cm³/mol. The normalized spacial score (nSPS) is 10.9. The molecule has 5 N–H and O–H groups in total. The molecule has 0 aromatic heterocycles. The molecule has 0 aliphatic carbocycles. The first-order valence-electron chi connectivity index (χ1n) is 2.23. The van der Waals surface area contributed by atoms with Crippen LogP contribution in [0.25, 0.3) is 0 Å². The number of rotatable bonds is 3. The van der Waals surface area contributed by atoms with Crippen LogP contribution in [0.1, 0.15) is 0 Å². The van der Waals surface area contributed by atoms with E-state index in [1.165, 1.54) is 7.05 Å². The molecule has 0 unspecified atom stereocenters. The summed E-state index contributed by atoms with van der Waals surface area (Å²) in [6, 6.07) is 0. The molecule has 0 saturated carbocycles. The monoisotopic (exact) mass is 184 g/mol. The molecule has 0 aliphatic rings. The summed E-state index contributed by atoms with van der Waals surface area (Å²) in [6.45, 7) is 0. The Morgan fingerprint density at radius 1 is 1.60 bits per heavy atom. The van der Waals surface area contributed by atoms with Crippen LogP contribution in [0.15, 0.2) is 0 Å². The smallest absolute Gasteiger partial charge is 0.293 e. The van der Waals surface area contributed by atoms with Gasteiger partial charge < -0.3 is 5.73 Å². The molecule has 0 radical (unpaired) electrons. The van der Waals surface area contributed by atoms with Gasteiger partial charge in [-0.25, -0.2) is 4.72 Å². The van der Waals surface area contributed by atoms with Gasteiger partial charge in [-0.15, -0.1) is 4.83 Å². The third kappa shape index (κ3) is 4.44. The topological polar surface area (TPSA) is 96.2 Å². The summed E-state index contributed by atoms with van der Waals surface area (Å²) in [5.74, 6) is 0. The average Bonchev–Trinajstić information content (AvgIpc) is 1.85. The van der Waals surface area contributed by atoms with Gasteiger partial charge in [0.15, 0.2) is 5.11 Å². The molecule has 0 heterocycles. The van der Waals surface area contributed by atoms with Gasteiger partial charge in [-0.2, -0.15) is 8.42 Å². The van der Waals surface area contributed by atoms with E-state index in [4.69, 9.17) is 5.73 Å². The van der Waals surface area contributed by atoms with Gasteiger partial charge in [0.05, 0.1) is 0 Å². The highest BCUT2D eigenvalue weighted by Crippen LogP contribution is 1.66. The Hall–Kier alpha value is -0.440. The van der Waals surface area contributed by atoms with Crippen LogP contribution in [-0.4, -0.2) is 20.6 Å². The molecule has 60 valence electrons. The second-order valence-electron chi connectivity index (χ2n) is 1.30. The average molecular weight is 184 g/mol. The second-order valence-corrected chi connectivity index (χ2v) is 3.36. The van der Waals surface area contributed by atoms with Gasteiger partial charge in [0.25, 0.3) is 10.2 Å². The Labute approximate surface area is 64.3 Å². The van der Waals surface area contributed by atoms with Crippen LogP contribution in [-0.2, 0) is 10.2 Å². The van der Waals surface area contributed by atoms with Gasteiger partial charge in [0.1, 0.15) is 0 Å². The van der Waals surface area contributed by atoms with E-state index in [-0.39, 0.29) is 5.11 Å². The van der Waals surface area contributed by atoms with Crippen molar-refractivity contribution >= 4 is 27.5 Å². The zero-order valence-electron chi connectivity index (χ0n) is 5.21. The van der Waals surface area contributed by atoms with Gasteiger partial charge in [0.2, 0.25) is 0 Å². The first kappa shape index (κ1) is 9.56. The Bertz CT molecular complexity index is 209. The zero-order chi connectivity index (χ0) is 8.20. The Balaban J connectivity index is 3.81. The van der Waals surface area contributed by atoms with Gasteiger partial charge in [-0.1, -0.05) is 0 Å². The molecule has 10 heavy (non-hydrogen) atoms. The lowest BCUT2D eigenvalue weighted by Gasteiger charge is -2.04. The fourth-order valence-corrected chi connectivity index (χ4v) is 0.631. The van der Waals surface area contributed by atoms with Gasteiger partial charge >= 0.3 is 0 Å². The van der Waals surface area contributed by atoms with Crippen molar-refractivity contribution in [2.45, 2.75) is 0 Å². The van der Waals surface area contributed by atoms with Crippen LogP contribution in [0, 0.1) is 0 Å². The van der Waals surface area contributed by atoms with Gasteiger partial charge in [-0.05, 0) is 12.2 Å². The first-order valence-corrected chi connectivity index (χ1v) is 4.13. The minimum absolute atomic E-state index is 0.140. The summed E-state index contributed by atoms with van der Waals surface area (Å²) in [6.07, 6.45) is 0. The summed E-state index contributed by atoms with van der Waals surface area (Å²) in [5, 5.41) is -0.140. The molecule has 0 atom stereocenters. The van der Waals surface area contributed by atoms with Gasteiger partial charge in [0, 0.05) is 7.05 Å². The van der Waals surface area contributed by atoms with E-state index in [9.17, 15) is 8.42 Å². The van der Waals surface area contributed by atoms with Crippen LogP contribution in [0.3, 0.4) is 0 Å². The molecular weight excluding hydrogens is 176 g/mol. The highest BCUT2D eigenvalue weighted by molar-refractivity contribution is 7.87. The quantitative estimate of drug-likeness (QED) is 0.294. The second kappa shape index (κ2) is 3.66. The van der Waals surface area contributed by atoms with E-state index in [0.29, 0.717) is 0 Å². The predicted octanol–water partition coefficient (Wildman–Crippen LogP) is -2.21. The van der Waals surface area contributed by atoms with E-state index < -0.39 is 10.2 Å². The number of nitrogens with two attached hydrogens (primary N) is 1. The summed E-state index contributed by atoms with van der Waals surface area (Å²) in [4.78, 5) is 1.85. The maximum atomic E-state index is 10.5. The van der Waals surface area contributed by atoms with E-state index >= 15 is 0 Å². The molecule has 0 aliphatic heterocycles. The molecule has 0 rings (SSSR count). The first-order chi connectivity index (χ1) is 4.48. The molecule has 0 aromatic carbocycles. The molecule has 0 spiro atoms. The minimum Gasteiger partial charge on any atom is -0.375 e. The third-order valence-corrected chi connectivity index (χ3v) is 1.59. The highest BCUT2D eigenvalue weighted by atomic mass is 32.2. The van der Waals surface area contributed by atoms with Crippen LogP contribution in [0.5, 0.6) is 0 Å². The van der Waals surface area contributed by atoms with E-state index in [0.717, 1.165) is 0 Å². The standard InChI is InChI=1S/C2H8N4O2S2/c1-4-10(7,8)6-5-2(3)9/h4,6H,1H3,(H3,3,5,9). The van der Waals surface area contributed by atoms with Crippen LogP contribution in [0.2, 0.25) is 0 Å². The minimum atomic E-state index is -3.49. The molecule has 8 heteroatoms. The number of hydrazine groups is 1. The fraction of sp³-hybridized carbons (Fsp3) is 0.500. The molecule has 0 saturated heterocycles. The van der Waals surface area contributed by atoms with Crippen molar-refractivity contribution in [3.05, 3.63) is 0 Å². The van der Waals surface area contributed by atoms with Crippen LogP contribution in [0.4, 0.5) is 0 Å². The molecule has 0 aromatic rings. The van der Waals surface area contributed by atoms with Crippen LogP contribution < -0.4 is 20.7 Å². The molecule has 0 bridgehead atoms. The number of nitrogens with one attached hydrogen (secondary N) is 3. The molecule has 0 fully saturated rings. The van der Waals surface area contributed by atoms with Crippen molar-refractivity contribution in [1.29, 1.82) is 0 Å². The lowest BCUT2D eigenvalue weighted by atomic mass is 11.2. The summed E-state index contributed by atoms with van der Waals surface area (Å²) >= 11 is 4.32. The van der Waals surface area contributed by atoms with Crippen molar-refractivity contribution in [3.8, 4) is 0 Å². The zero-order valence-corrected chi connectivity index (χ0v) is 6.84. The maximum Gasteiger partial charge on any atom is 0.293 e. The fourth-order valence-electron chi connectivity index (χ4n) is 0.169. The number of hydrogen-bond acceptors (Lipinski definition) is 3. The van der Waals surface area contributed by atoms with Crippen LogP contribution >= 0.6 is 12.2 Å².